The minimum absolute atomic E-state index is 1.03. The normalized spacial score (nSPS) is 11.5. The van der Waals surface area contributed by atoms with Crippen molar-refractivity contribution in [3.05, 3.63) is 290 Å². The van der Waals surface area contributed by atoms with E-state index < -0.39 is 38.1 Å². The second-order valence-corrected chi connectivity index (χ2v) is 50.9. The monoisotopic (exact) mass is 1330 g/mol. The molecule has 0 aliphatic carbocycles. The second-order valence-electron chi connectivity index (χ2n) is 15.2. The summed E-state index contributed by atoms with van der Waals surface area (Å²) in [6, 6.07) is 99.5. The van der Waals surface area contributed by atoms with Crippen LogP contribution in [-0.2, 0) is 0 Å². The molecule has 0 amide bonds. The Morgan fingerprint density at radius 3 is 1.05 bits per heavy atom. The molecule has 0 radical (unpaired) electrons. The summed E-state index contributed by atoms with van der Waals surface area (Å²) in [4.78, 5) is 0. The summed E-state index contributed by atoms with van der Waals surface area (Å²) >= 11 is -3.67. The first kappa shape index (κ1) is 46.6. The fraction of sp³-hybridized carbons (Fsp3) is 0. The average Bonchev–Trinajstić information content (AvgIpc) is 3.39. The molecular weight excluding hydrogens is 1290 g/mol. The fourth-order valence-electron chi connectivity index (χ4n) is 7.91. The molecule has 0 heterocycles. The van der Waals surface area contributed by atoms with Crippen molar-refractivity contribution in [2.24, 2.45) is 0 Å². The first-order chi connectivity index (χ1) is 31.9. The van der Waals surface area contributed by atoms with Crippen molar-refractivity contribution >= 4 is 90.7 Å². The van der Waals surface area contributed by atoms with Crippen molar-refractivity contribution in [3.63, 3.8) is 0 Å². The summed E-state index contributed by atoms with van der Waals surface area (Å²) in [6.07, 6.45) is 0. The van der Waals surface area contributed by atoms with Crippen LogP contribution >= 0.6 is 33.0 Å². The van der Waals surface area contributed by atoms with Crippen LogP contribution in [0.25, 0.3) is 33.4 Å². The van der Waals surface area contributed by atoms with Crippen LogP contribution in [0.5, 0.6) is 0 Å². The molecule has 0 spiro atoms. The van der Waals surface area contributed by atoms with Crippen molar-refractivity contribution in [2.45, 2.75) is 0 Å². The number of halogens is 3. The Morgan fingerprint density at radius 1 is 0.292 bits per heavy atom. The van der Waals surface area contributed by atoms with Crippen molar-refractivity contribution in [2.75, 3.05) is 0 Å². The standard InChI is InChI=1S/C12H9Br.2C12H9.4C6H5.2Bi.2ClH/c13-12-9-5-4-8-11(12)10-6-2-1-3-7-10;2*1-3-7-11(8-4-1)12-9-5-2-6-10-12;4*1-2-4-6-5-3-1;;;;/h1-9H;2*1-9H;4*1-5H;;;2*1H/q;;;;;;;;+2;;/p-2. The molecule has 0 aliphatic rings. The van der Waals surface area contributed by atoms with Crippen LogP contribution < -0.4 is 19.6 Å². The van der Waals surface area contributed by atoms with E-state index in [0.29, 0.717) is 0 Å². The summed E-state index contributed by atoms with van der Waals surface area (Å²) in [5.41, 5.74) is 7.41. The van der Waals surface area contributed by atoms with Crippen LogP contribution in [0.4, 0.5) is 0 Å². The molecule has 65 heavy (non-hydrogen) atoms. The van der Waals surface area contributed by atoms with E-state index in [4.69, 9.17) is 17.0 Å². The van der Waals surface area contributed by atoms with Gasteiger partial charge in [-0.25, -0.2) is 0 Å². The van der Waals surface area contributed by atoms with Crippen LogP contribution in [0.2, 0.25) is 0 Å². The quantitative estimate of drug-likeness (QED) is 0.126. The predicted octanol–water partition coefficient (Wildman–Crippen LogP) is 13.2. The molecule has 0 saturated heterocycles. The molecule has 0 N–H and O–H groups in total. The molecule has 5 heteroatoms. The Labute approximate surface area is 409 Å². The number of hydrogen-bond donors (Lipinski definition) is 0. The number of benzene rings is 10. The van der Waals surface area contributed by atoms with Gasteiger partial charge < -0.3 is 0 Å². The van der Waals surface area contributed by atoms with E-state index in [1.807, 2.05) is 84.9 Å². The minimum atomic E-state index is -4.88. The molecule has 0 aliphatic heterocycles. The first-order valence-corrected chi connectivity index (χ1v) is 41.3. The maximum atomic E-state index is 7.71. The number of rotatable bonds is 9. The van der Waals surface area contributed by atoms with E-state index in [2.05, 4.69) is 216 Å². The van der Waals surface area contributed by atoms with Gasteiger partial charge in [0, 0.05) is 4.47 Å². The van der Waals surface area contributed by atoms with Gasteiger partial charge in [0.1, 0.15) is 0 Å². The van der Waals surface area contributed by atoms with Crippen LogP contribution in [0.1, 0.15) is 0 Å². The van der Waals surface area contributed by atoms with Crippen molar-refractivity contribution in [1.82, 2.24) is 0 Å². The van der Waals surface area contributed by atoms with Gasteiger partial charge in [0.25, 0.3) is 0 Å². The van der Waals surface area contributed by atoms with Gasteiger partial charge in [-0.1, -0.05) is 64.5 Å². The third kappa shape index (κ3) is 11.0. The zero-order valence-electron chi connectivity index (χ0n) is 35.7. The topological polar surface area (TPSA) is 0 Å². The molecule has 10 aromatic rings. The first-order valence-electron chi connectivity index (χ1n) is 21.5. The van der Waals surface area contributed by atoms with Crippen molar-refractivity contribution in [1.29, 1.82) is 0 Å². The third-order valence-electron chi connectivity index (χ3n) is 11.0. The second kappa shape index (κ2) is 22.5. The molecule has 0 nitrogen and oxygen atoms in total. The summed E-state index contributed by atoms with van der Waals surface area (Å²) in [6.45, 7) is 0. The molecule has 0 aromatic heterocycles. The Morgan fingerprint density at radius 2 is 0.600 bits per heavy atom. The van der Waals surface area contributed by atoms with Crippen LogP contribution in [0, 0.1) is 0 Å². The Kier molecular flexibility index (Phi) is 16.1. The molecule has 0 fully saturated rings. The summed E-state index contributed by atoms with van der Waals surface area (Å²) in [5.74, 6) is 0. The summed E-state index contributed by atoms with van der Waals surface area (Å²) < 4.78 is 8.83. The van der Waals surface area contributed by atoms with Gasteiger partial charge in [-0.2, -0.15) is 0 Å². The zero-order chi connectivity index (χ0) is 44.8. The molecule has 10 aromatic carbocycles. The van der Waals surface area contributed by atoms with Gasteiger partial charge in [0.2, 0.25) is 0 Å². The van der Waals surface area contributed by atoms with E-state index in [1.54, 1.807) is 3.27 Å². The van der Waals surface area contributed by atoms with Crippen LogP contribution in [-0.4, -0.2) is 38.1 Å². The molecule has 0 bridgehead atoms. The van der Waals surface area contributed by atoms with E-state index >= 15 is 0 Å². The van der Waals surface area contributed by atoms with Gasteiger partial charge in [-0.15, -0.1) is 0 Å². The third-order valence-corrected chi connectivity index (χ3v) is 45.7. The molecule has 0 unspecified atom stereocenters. The molecule has 0 saturated carbocycles. The van der Waals surface area contributed by atoms with Crippen LogP contribution in [0.3, 0.4) is 0 Å². The Balaban J connectivity index is 0.000000141. The van der Waals surface area contributed by atoms with Crippen molar-refractivity contribution in [3.8, 4) is 33.4 Å². The fourth-order valence-corrected chi connectivity index (χ4v) is 37.1. The maximum absolute atomic E-state index is 7.71. The molecule has 318 valence electrons. The van der Waals surface area contributed by atoms with Crippen LogP contribution in [0.15, 0.2) is 290 Å². The summed E-state index contributed by atoms with van der Waals surface area (Å²) in [5, 5.41) is 0. The van der Waals surface area contributed by atoms with E-state index in [0.717, 1.165) is 25.4 Å². The Bertz CT molecular complexity index is 2930. The average molecular weight is 1340 g/mol. The van der Waals surface area contributed by atoms with E-state index in [-0.39, 0.29) is 0 Å². The van der Waals surface area contributed by atoms with E-state index in [9.17, 15) is 0 Å². The zero-order valence-corrected chi connectivity index (χ0v) is 45.7. The summed E-state index contributed by atoms with van der Waals surface area (Å²) in [7, 11) is 15.4. The molecule has 10 rings (SSSR count). The van der Waals surface area contributed by atoms with Gasteiger partial charge in [-0.05, 0) is 17.2 Å². The predicted molar refractivity (Wildman–Crippen MR) is 290 cm³/mol. The van der Waals surface area contributed by atoms with Gasteiger partial charge in [0.05, 0.1) is 0 Å². The SMILES string of the molecule is Brc1ccccc1-c1ccccc1.[Cl][Bi]([Cl])([c]1ccccc1)([c]1ccccc1)[c]1ccccc1-c1ccccc1.c1ccc(-c2cccc[c]2[Bi]([c]2ccccc2)[c]2ccccc2)cc1. The van der Waals surface area contributed by atoms with E-state index in [1.165, 1.54) is 28.8 Å². The van der Waals surface area contributed by atoms with Gasteiger partial charge in [-0.3, -0.25) is 0 Å². The van der Waals surface area contributed by atoms with Crippen molar-refractivity contribution < 1.29 is 0 Å². The Hall–Kier alpha value is -4.97. The number of hydrogen-bond acceptors (Lipinski definition) is 0. The molecule has 0 atom stereocenters. The van der Waals surface area contributed by atoms with Gasteiger partial charge >= 0.3 is 328 Å². The van der Waals surface area contributed by atoms with Gasteiger partial charge in [0.15, 0.2) is 0 Å². The molecular formula is C60H47Bi2BrCl2.